The van der Waals surface area contributed by atoms with Gasteiger partial charge in [-0.1, -0.05) is 17.3 Å². The Bertz CT molecular complexity index is 603. The SMILES string of the molecule is Cc1noc(C)c1CC(C)NC(=O)Cc1ccc(N)cc1.Cl. The van der Waals surface area contributed by atoms with Crippen LogP contribution in [0.15, 0.2) is 28.8 Å². The van der Waals surface area contributed by atoms with Gasteiger partial charge in [-0.25, -0.2) is 0 Å². The fourth-order valence-electron chi connectivity index (χ4n) is 2.30. The largest absolute Gasteiger partial charge is 0.399 e. The zero-order valence-corrected chi connectivity index (χ0v) is 13.9. The Labute approximate surface area is 136 Å². The Morgan fingerprint density at radius 1 is 1.32 bits per heavy atom. The molecule has 2 aromatic rings. The number of nitrogens with one attached hydrogen (secondary N) is 1. The van der Waals surface area contributed by atoms with Crippen LogP contribution in [0.3, 0.4) is 0 Å². The van der Waals surface area contributed by atoms with Crippen molar-refractivity contribution < 1.29 is 9.32 Å². The van der Waals surface area contributed by atoms with E-state index < -0.39 is 0 Å². The van der Waals surface area contributed by atoms with Crippen molar-refractivity contribution in [2.75, 3.05) is 5.73 Å². The predicted molar refractivity (Wildman–Crippen MR) is 89.1 cm³/mol. The fraction of sp³-hybridized carbons (Fsp3) is 0.375. The van der Waals surface area contributed by atoms with Gasteiger partial charge in [0, 0.05) is 17.3 Å². The maximum atomic E-state index is 12.0. The molecule has 1 aromatic heterocycles. The molecule has 0 fully saturated rings. The van der Waals surface area contributed by atoms with Gasteiger partial charge in [0.25, 0.3) is 0 Å². The molecule has 1 amide bonds. The zero-order chi connectivity index (χ0) is 15.4. The van der Waals surface area contributed by atoms with Gasteiger partial charge in [-0.05, 0) is 44.9 Å². The van der Waals surface area contributed by atoms with Crippen molar-refractivity contribution in [3.05, 3.63) is 46.8 Å². The average molecular weight is 324 g/mol. The summed E-state index contributed by atoms with van der Waals surface area (Å²) in [4.78, 5) is 12.0. The van der Waals surface area contributed by atoms with E-state index in [1.165, 1.54) is 0 Å². The Morgan fingerprint density at radius 3 is 2.50 bits per heavy atom. The lowest BCUT2D eigenvalue weighted by atomic mass is 10.1. The number of aryl methyl sites for hydroxylation is 2. The minimum absolute atomic E-state index is 0. The lowest BCUT2D eigenvalue weighted by Crippen LogP contribution is -2.35. The molecule has 0 aliphatic rings. The molecule has 2 rings (SSSR count). The first kappa shape index (κ1) is 18.0. The van der Waals surface area contributed by atoms with Gasteiger partial charge in [-0.3, -0.25) is 4.79 Å². The second-order valence-corrected chi connectivity index (χ2v) is 5.39. The summed E-state index contributed by atoms with van der Waals surface area (Å²) in [6, 6.07) is 7.37. The third-order valence-electron chi connectivity index (χ3n) is 3.44. The van der Waals surface area contributed by atoms with Crippen molar-refractivity contribution in [3.63, 3.8) is 0 Å². The molecule has 22 heavy (non-hydrogen) atoms. The number of carbonyl (C=O) groups excluding carboxylic acids is 1. The molecule has 1 atom stereocenters. The summed E-state index contributed by atoms with van der Waals surface area (Å²) < 4.78 is 5.13. The summed E-state index contributed by atoms with van der Waals surface area (Å²) in [6.45, 7) is 5.78. The number of hydrogen-bond donors (Lipinski definition) is 2. The number of hydrogen-bond acceptors (Lipinski definition) is 4. The molecule has 5 nitrogen and oxygen atoms in total. The summed E-state index contributed by atoms with van der Waals surface area (Å²) in [7, 11) is 0. The molecule has 120 valence electrons. The van der Waals surface area contributed by atoms with E-state index in [-0.39, 0.29) is 24.4 Å². The van der Waals surface area contributed by atoms with Crippen LogP contribution < -0.4 is 11.1 Å². The number of benzene rings is 1. The highest BCUT2D eigenvalue weighted by molar-refractivity contribution is 5.85. The van der Waals surface area contributed by atoms with E-state index in [4.69, 9.17) is 10.3 Å². The van der Waals surface area contributed by atoms with Crippen LogP contribution in [0.25, 0.3) is 0 Å². The number of nitrogens with two attached hydrogens (primary N) is 1. The Balaban J connectivity index is 0.00000242. The van der Waals surface area contributed by atoms with Gasteiger partial charge >= 0.3 is 0 Å². The van der Waals surface area contributed by atoms with Gasteiger partial charge in [-0.15, -0.1) is 12.4 Å². The molecule has 0 aliphatic carbocycles. The third kappa shape index (κ3) is 4.77. The molecule has 6 heteroatoms. The van der Waals surface area contributed by atoms with E-state index in [0.29, 0.717) is 18.5 Å². The van der Waals surface area contributed by atoms with Crippen LogP contribution in [-0.4, -0.2) is 17.1 Å². The van der Waals surface area contributed by atoms with Crippen molar-refractivity contribution >= 4 is 24.0 Å². The maximum Gasteiger partial charge on any atom is 0.224 e. The Hall–Kier alpha value is -2.01. The highest BCUT2D eigenvalue weighted by atomic mass is 35.5. The molecule has 1 unspecified atom stereocenters. The zero-order valence-electron chi connectivity index (χ0n) is 13.1. The first-order valence-electron chi connectivity index (χ1n) is 7.01. The van der Waals surface area contributed by atoms with E-state index in [1.54, 1.807) is 12.1 Å². The topological polar surface area (TPSA) is 81.2 Å². The molecule has 3 N–H and O–H groups in total. The van der Waals surface area contributed by atoms with Crippen LogP contribution in [0.4, 0.5) is 5.69 Å². The van der Waals surface area contributed by atoms with Crippen molar-refractivity contribution in [2.24, 2.45) is 0 Å². The lowest BCUT2D eigenvalue weighted by molar-refractivity contribution is -0.121. The number of halogens is 1. The number of nitrogens with zero attached hydrogens (tertiary/aromatic N) is 1. The van der Waals surface area contributed by atoms with Gasteiger partial charge in [0.1, 0.15) is 5.76 Å². The van der Waals surface area contributed by atoms with Crippen LogP contribution in [-0.2, 0) is 17.6 Å². The van der Waals surface area contributed by atoms with Crippen LogP contribution in [0.5, 0.6) is 0 Å². The van der Waals surface area contributed by atoms with E-state index in [0.717, 1.165) is 22.6 Å². The molecular formula is C16H22ClN3O2. The number of aromatic nitrogens is 1. The first-order chi connectivity index (χ1) is 9.95. The van der Waals surface area contributed by atoms with Crippen molar-refractivity contribution in [3.8, 4) is 0 Å². The van der Waals surface area contributed by atoms with Gasteiger partial charge in [0.2, 0.25) is 5.91 Å². The molecule has 1 aromatic carbocycles. The first-order valence-corrected chi connectivity index (χ1v) is 7.01. The molecule has 0 radical (unpaired) electrons. The average Bonchev–Trinajstić information content (AvgIpc) is 2.73. The number of amides is 1. The number of anilines is 1. The number of carbonyl (C=O) groups is 1. The molecule has 0 aliphatic heterocycles. The monoisotopic (exact) mass is 323 g/mol. The van der Waals surface area contributed by atoms with E-state index in [1.807, 2.05) is 32.9 Å². The van der Waals surface area contributed by atoms with Gasteiger partial charge in [0.15, 0.2) is 0 Å². The molecule has 0 spiro atoms. The van der Waals surface area contributed by atoms with E-state index in [2.05, 4.69) is 10.5 Å². The van der Waals surface area contributed by atoms with Crippen molar-refractivity contribution in [2.45, 2.75) is 39.7 Å². The fourth-order valence-corrected chi connectivity index (χ4v) is 2.30. The number of nitrogen functional groups attached to an aromatic ring is 1. The van der Waals surface area contributed by atoms with E-state index in [9.17, 15) is 4.79 Å². The molecule has 0 saturated heterocycles. The summed E-state index contributed by atoms with van der Waals surface area (Å²) in [5.74, 6) is 0.811. The summed E-state index contributed by atoms with van der Waals surface area (Å²) in [6.07, 6.45) is 1.07. The maximum absolute atomic E-state index is 12.0. The van der Waals surface area contributed by atoms with Crippen molar-refractivity contribution in [1.82, 2.24) is 10.5 Å². The summed E-state index contributed by atoms with van der Waals surface area (Å²) in [5.41, 5.74) is 9.22. The van der Waals surface area contributed by atoms with Gasteiger partial charge in [0.05, 0.1) is 12.1 Å². The van der Waals surface area contributed by atoms with Crippen LogP contribution in [0.1, 0.15) is 29.5 Å². The lowest BCUT2D eigenvalue weighted by Gasteiger charge is -2.14. The van der Waals surface area contributed by atoms with Gasteiger partial charge < -0.3 is 15.6 Å². The predicted octanol–water partition coefficient (Wildman–Crippen LogP) is 2.59. The van der Waals surface area contributed by atoms with Crippen molar-refractivity contribution in [1.29, 1.82) is 0 Å². The smallest absolute Gasteiger partial charge is 0.224 e. The quantitative estimate of drug-likeness (QED) is 0.829. The van der Waals surface area contributed by atoms with Crippen LogP contribution >= 0.6 is 12.4 Å². The molecule has 0 bridgehead atoms. The second-order valence-electron chi connectivity index (χ2n) is 5.39. The summed E-state index contributed by atoms with van der Waals surface area (Å²) in [5, 5.41) is 6.92. The third-order valence-corrected chi connectivity index (χ3v) is 3.44. The standard InChI is InChI=1S/C16H21N3O2.ClH/c1-10(8-15-11(2)19-21-12(15)3)18-16(20)9-13-4-6-14(17)7-5-13;/h4-7,10H,8-9,17H2,1-3H3,(H,18,20);1H. The molecular weight excluding hydrogens is 302 g/mol. The van der Waals surface area contributed by atoms with Crippen LogP contribution in [0.2, 0.25) is 0 Å². The minimum atomic E-state index is -0.000897. The minimum Gasteiger partial charge on any atom is -0.399 e. The highest BCUT2D eigenvalue weighted by Gasteiger charge is 2.14. The van der Waals surface area contributed by atoms with Gasteiger partial charge in [-0.2, -0.15) is 0 Å². The molecule has 1 heterocycles. The normalized spacial score (nSPS) is 11.6. The van der Waals surface area contributed by atoms with E-state index >= 15 is 0 Å². The Kier molecular flexibility index (Phi) is 6.43. The Morgan fingerprint density at radius 2 is 1.95 bits per heavy atom. The molecule has 0 saturated carbocycles. The van der Waals surface area contributed by atoms with Crippen LogP contribution in [0, 0.1) is 13.8 Å². The summed E-state index contributed by atoms with van der Waals surface area (Å²) >= 11 is 0. The number of rotatable bonds is 5. The highest BCUT2D eigenvalue weighted by Crippen LogP contribution is 2.14. The second kappa shape index (κ2) is 7.84.